The molecule has 84 valence electrons. The van der Waals surface area contributed by atoms with Gasteiger partial charge in [0.15, 0.2) is 16.2 Å². The Morgan fingerprint density at radius 2 is 2.07 bits per heavy atom. The van der Waals surface area contributed by atoms with Crippen molar-refractivity contribution in [2.75, 3.05) is 6.61 Å². The number of hydrogen-bond acceptors (Lipinski definition) is 3. The molecule has 0 spiro atoms. The number of imidazole rings is 1. The first-order valence-corrected chi connectivity index (χ1v) is 4.33. The number of rotatable bonds is 2. The van der Waals surface area contributed by atoms with E-state index in [0.717, 1.165) is 0 Å². The molecule has 1 rings (SSSR count). The molecular formula is C7H7F3N2O2S. The molecule has 0 fully saturated rings. The molecule has 0 saturated carbocycles. The number of H-pyrrole nitrogens is 2. The van der Waals surface area contributed by atoms with Gasteiger partial charge in [-0.25, -0.2) is 4.79 Å². The molecule has 1 aromatic rings. The summed E-state index contributed by atoms with van der Waals surface area (Å²) < 4.78 is 41.2. The summed E-state index contributed by atoms with van der Waals surface area (Å²) in [6.07, 6.45) is -4.67. The van der Waals surface area contributed by atoms with Crippen molar-refractivity contribution < 1.29 is 22.7 Å². The lowest BCUT2D eigenvalue weighted by molar-refractivity contribution is -0.141. The van der Waals surface area contributed by atoms with Gasteiger partial charge in [0, 0.05) is 0 Å². The van der Waals surface area contributed by atoms with Gasteiger partial charge in [0.05, 0.1) is 6.61 Å². The summed E-state index contributed by atoms with van der Waals surface area (Å²) in [5, 5.41) is 0. The van der Waals surface area contributed by atoms with Crippen molar-refractivity contribution in [3.8, 4) is 0 Å². The number of ether oxygens (including phenoxy) is 1. The minimum atomic E-state index is -4.67. The SMILES string of the molecule is CCOC(=O)c1[nH]c(=S)[nH]c1C(F)(F)F. The normalized spacial score (nSPS) is 11.5. The Hall–Kier alpha value is -1.31. The predicted octanol–water partition coefficient (Wildman–Crippen LogP) is 2.27. The van der Waals surface area contributed by atoms with Crippen molar-refractivity contribution in [1.82, 2.24) is 9.97 Å². The van der Waals surface area contributed by atoms with Gasteiger partial charge in [-0.1, -0.05) is 0 Å². The molecule has 1 heterocycles. The molecule has 1 aromatic heterocycles. The minimum Gasteiger partial charge on any atom is -0.461 e. The van der Waals surface area contributed by atoms with Crippen LogP contribution in [0, 0.1) is 4.77 Å². The second kappa shape index (κ2) is 4.05. The number of hydrogen-bond donors (Lipinski definition) is 2. The Morgan fingerprint density at radius 3 is 2.53 bits per heavy atom. The van der Waals surface area contributed by atoms with Crippen molar-refractivity contribution in [3.05, 3.63) is 16.2 Å². The van der Waals surface area contributed by atoms with E-state index in [2.05, 4.69) is 21.9 Å². The van der Waals surface area contributed by atoms with E-state index in [1.54, 1.807) is 0 Å². The average molecular weight is 240 g/mol. The molecule has 8 heteroatoms. The lowest BCUT2D eigenvalue weighted by atomic mass is 10.3. The van der Waals surface area contributed by atoms with E-state index in [1.165, 1.54) is 6.92 Å². The van der Waals surface area contributed by atoms with Crippen LogP contribution in [0.1, 0.15) is 23.1 Å². The van der Waals surface area contributed by atoms with Gasteiger partial charge in [-0.3, -0.25) is 0 Å². The Bertz CT molecular complexity index is 421. The summed E-state index contributed by atoms with van der Waals surface area (Å²) in [7, 11) is 0. The number of nitrogens with one attached hydrogen (secondary N) is 2. The Labute approximate surface area is 87.5 Å². The Morgan fingerprint density at radius 1 is 1.47 bits per heavy atom. The van der Waals surface area contributed by atoms with Crippen molar-refractivity contribution in [1.29, 1.82) is 0 Å². The monoisotopic (exact) mass is 240 g/mol. The van der Waals surface area contributed by atoms with E-state index in [-0.39, 0.29) is 11.4 Å². The molecule has 0 atom stereocenters. The first-order valence-electron chi connectivity index (χ1n) is 3.93. The van der Waals surface area contributed by atoms with Crippen LogP contribution < -0.4 is 0 Å². The summed E-state index contributed by atoms with van der Waals surface area (Å²) in [6.45, 7) is 1.48. The fraction of sp³-hybridized carbons (Fsp3) is 0.429. The second-order valence-corrected chi connectivity index (χ2v) is 2.96. The van der Waals surface area contributed by atoms with E-state index < -0.39 is 23.5 Å². The molecule has 0 aliphatic carbocycles. The van der Waals surface area contributed by atoms with Gasteiger partial charge < -0.3 is 14.7 Å². The van der Waals surface area contributed by atoms with Gasteiger partial charge in [0.25, 0.3) is 0 Å². The van der Waals surface area contributed by atoms with Gasteiger partial charge >= 0.3 is 12.1 Å². The summed E-state index contributed by atoms with van der Waals surface area (Å²) in [4.78, 5) is 15.1. The fourth-order valence-electron chi connectivity index (χ4n) is 0.952. The smallest absolute Gasteiger partial charge is 0.433 e. The van der Waals surface area contributed by atoms with Crippen LogP contribution in [0.4, 0.5) is 13.2 Å². The van der Waals surface area contributed by atoms with Gasteiger partial charge in [0.1, 0.15) is 0 Å². The first kappa shape index (κ1) is 11.8. The highest BCUT2D eigenvalue weighted by atomic mass is 32.1. The lowest BCUT2D eigenvalue weighted by Crippen LogP contribution is -2.15. The molecule has 2 N–H and O–H groups in total. The van der Waals surface area contributed by atoms with Crippen LogP contribution in [0.15, 0.2) is 0 Å². The highest BCUT2D eigenvalue weighted by molar-refractivity contribution is 7.71. The molecule has 0 unspecified atom stereocenters. The van der Waals surface area contributed by atoms with Crippen molar-refractivity contribution in [3.63, 3.8) is 0 Å². The molecule has 0 aliphatic heterocycles. The average Bonchev–Trinajstić information content (AvgIpc) is 2.47. The van der Waals surface area contributed by atoms with Crippen LogP contribution >= 0.6 is 12.2 Å². The van der Waals surface area contributed by atoms with Gasteiger partial charge in [-0.05, 0) is 19.1 Å². The van der Waals surface area contributed by atoms with Gasteiger partial charge in [-0.2, -0.15) is 13.2 Å². The van der Waals surface area contributed by atoms with E-state index >= 15 is 0 Å². The van der Waals surface area contributed by atoms with Crippen LogP contribution in [-0.2, 0) is 10.9 Å². The van der Waals surface area contributed by atoms with E-state index in [1.807, 2.05) is 4.98 Å². The largest absolute Gasteiger partial charge is 0.461 e. The number of alkyl halides is 3. The third-order valence-electron chi connectivity index (χ3n) is 1.49. The zero-order valence-corrected chi connectivity index (χ0v) is 8.38. The first-order chi connectivity index (χ1) is 6.86. The third-order valence-corrected chi connectivity index (χ3v) is 1.69. The molecule has 15 heavy (non-hydrogen) atoms. The fourth-order valence-corrected chi connectivity index (χ4v) is 1.16. The maximum Gasteiger partial charge on any atom is 0.433 e. The van der Waals surface area contributed by atoms with Crippen LogP contribution in [0.25, 0.3) is 0 Å². The highest BCUT2D eigenvalue weighted by Crippen LogP contribution is 2.30. The molecule has 0 aliphatic rings. The molecule has 0 saturated heterocycles. The molecule has 0 amide bonds. The lowest BCUT2D eigenvalue weighted by Gasteiger charge is -2.05. The number of esters is 1. The Balaban J connectivity index is 3.18. The van der Waals surface area contributed by atoms with Crippen molar-refractivity contribution in [2.45, 2.75) is 13.1 Å². The summed E-state index contributed by atoms with van der Waals surface area (Å²) >= 11 is 4.47. The van der Waals surface area contributed by atoms with E-state index in [9.17, 15) is 18.0 Å². The number of carbonyl (C=O) groups is 1. The van der Waals surface area contributed by atoms with Gasteiger partial charge in [-0.15, -0.1) is 0 Å². The van der Waals surface area contributed by atoms with Crippen LogP contribution in [0.2, 0.25) is 0 Å². The number of aromatic nitrogens is 2. The second-order valence-electron chi connectivity index (χ2n) is 2.55. The molecule has 0 bridgehead atoms. The number of halogens is 3. The number of aromatic amines is 2. The summed E-state index contributed by atoms with van der Waals surface area (Å²) in [6, 6.07) is 0. The predicted molar refractivity (Wildman–Crippen MR) is 46.9 cm³/mol. The van der Waals surface area contributed by atoms with Crippen molar-refractivity contribution >= 4 is 18.2 Å². The standard InChI is InChI=1S/C7H7F3N2O2S/c1-2-14-5(13)3-4(7(8,9)10)12-6(15)11-3/h2H2,1H3,(H2,11,12,15). The quantitative estimate of drug-likeness (QED) is 0.615. The zero-order valence-electron chi connectivity index (χ0n) is 7.57. The molecule has 0 radical (unpaired) electrons. The minimum absolute atomic E-state index is 0.0120. The van der Waals surface area contributed by atoms with E-state index in [4.69, 9.17) is 0 Å². The molecule has 4 nitrogen and oxygen atoms in total. The summed E-state index contributed by atoms with van der Waals surface area (Å²) in [5.74, 6) is -1.09. The zero-order chi connectivity index (χ0) is 11.6. The maximum atomic E-state index is 12.4. The highest BCUT2D eigenvalue weighted by Gasteiger charge is 2.38. The number of carbonyl (C=O) groups excluding carboxylic acids is 1. The molecule has 0 aromatic carbocycles. The van der Waals surface area contributed by atoms with Crippen LogP contribution in [0.3, 0.4) is 0 Å². The maximum absolute atomic E-state index is 12.4. The molecular weight excluding hydrogens is 233 g/mol. The van der Waals surface area contributed by atoms with Crippen molar-refractivity contribution in [2.24, 2.45) is 0 Å². The summed E-state index contributed by atoms with van der Waals surface area (Å²) in [5.41, 5.74) is -1.92. The van der Waals surface area contributed by atoms with Gasteiger partial charge in [0.2, 0.25) is 0 Å². The van der Waals surface area contributed by atoms with Crippen LogP contribution in [-0.4, -0.2) is 22.5 Å². The topological polar surface area (TPSA) is 57.9 Å². The van der Waals surface area contributed by atoms with E-state index in [0.29, 0.717) is 0 Å². The Kier molecular flexibility index (Phi) is 3.18. The van der Waals surface area contributed by atoms with Crippen LogP contribution in [0.5, 0.6) is 0 Å². The third kappa shape index (κ3) is 2.58.